The Bertz CT molecular complexity index is 1320. The average Bonchev–Trinajstić information content (AvgIpc) is 3.36. The third kappa shape index (κ3) is 5.63. The first-order valence-electron chi connectivity index (χ1n) is 11.4. The van der Waals surface area contributed by atoms with Crippen molar-refractivity contribution in [3.63, 3.8) is 0 Å². The molecule has 0 aliphatic carbocycles. The van der Waals surface area contributed by atoms with E-state index in [9.17, 15) is 9.18 Å². The minimum Gasteiger partial charge on any atom is -0.497 e. The summed E-state index contributed by atoms with van der Waals surface area (Å²) in [7, 11) is 1.58. The molecule has 2 N–H and O–H groups in total. The van der Waals surface area contributed by atoms with Gasteiger partial charge in [0.15, 0.2) is 0 Å². The second-order valence-corrected chi connectivity index (χ2v) is 8.11. The van der Waals surface area contributed by atoms with Crippen LogP contribution in [0.3, 0.4) is 0 Å². The van der Waals surface area contributed by atoms with E-state index in [0.29, 0.717) is 29.2 Å². The molecule has 1 aromatic heterocycles. The summed E-state index contributed by atoms with van der Waals surface area (Å²) < 4.78 is 35.5. The highest BCUT2D eigenvalue weighted by molar-refractivity contribution is 5.93. The topological polar surface area (TPSA) is 83.9 Å². The van der Waals surface area contributed by atoms with Crippen molar-refractivity contribution in [2.75, 3.05) is 20.4 Å². The van der Waals surface area contributed by atoms with Gasteiger partial charge in [0.05, 0.1) is 32.4 Å². The molecular formula is C28H28FNO5. The lowest BCUT2D eigenvalue weighted by Gasteiger charge is -2.14. The Hall–Kier alpha value is -3.84. The number of carbonyl (C=O) groups is 1. The Morgan fingerprint density at radius 2 is 1.97 bits per heavy atom. The van der Waals surface area contributed by atoms with E-state index in [2.05, 4.69) is 0 Å². The minimum atomic E-state index is -0.681. The summed E-state index contributed by atoms with van der Waals surface area (Å²) in [5, 5.41) is 0.915. The quantitative estimate of drug-likeness (QED) is 0.292. The van der Waals surface area contributed by atoms with Gasteiger partial charge in [0.1, 0.15) is 30.4 Å². The number of methoxy groups -OCH3 is 1. The lowest BCUT2D eigenvalue weighted by atomic mass is 9.97. The number of alkyl halides is 1. The van der Waals surface area contributed by atoms with Gasteiger partial charge < -0.3 is 24.4 Å². The molecule has 0 amide bonds. The summed E-state index contributed by atoms with van der Waals surface area (Å²) in [4.78, 5) is 12.1. The highest BCUT2D eigenvalue weighted by Gasteiger charge is 2.15. The van der Waals surface area contributed by atoms with Gasteiger partial charge in [-0.2, -0.15) is 0 Å². The van der Waals surface area contributed by atoms with Crippen LogP contribution in [-0.4, -0.2) is 26.4 Å². The molecule has 4 aromatic rings. The Kier molecular flexibility index (Phi) is 7.67. The van der Waals surface area contributed by atoms with Crippen LogP contribution in [0.1, 0.15) is 29.7 Å². The van der Waals surface area contributed by atoms with Crippen LogP contribution in [0.15, 0.2) is 71.3 Å². The summed E-state index contributed by atoms with van der Waals surface area (Å²) in [6, 6.07) is 18.0. The van der Waals surface area contributed by atoms with Gasteiger partial charge in [-0.15, -0.1) is 0 Å². The molecule has 0 fully saturated rings. The molecule has 4 rings (SSSR count). The Labute approximate surface area is 203 Å². The van der Waals surface area contributed by atoms with Crippen molar-refractivity contribution in [1.29, 1.82) is 0 Å². The van der Waals surface area contributed by atoms with Crippen LogP contribution < -0.4 is 15.2 Å². The smallest absolute Gasteiger partial charge is 0.310 e. The summed E-state index contributed by atoms with van der Waals surface area (Å²) in [5.74, 6) is 0.845. The number of rotatable bonds is 10. The molecule has 0 saturated heterocycles. The van der Waals surface area contributed by atoms with Gasteiger partial charge in [0, 0.05) is 22.6 Å². The molecule has 0 aliphatic heterocycles. The highest BCUT2D eigenvalue weighted by atomic mass is 19.1. The molecular weight excluding hydrogens is 449 g/mol. The van der Waals surface area contributed by atoms with Crippen LogP contribution in [0, 0.1) is 0 Å². The fourth-order valence-corrected chi connectivity index (χ4v) is 3.94. The molecule has 1 atom stereocenters. The van der Waals surface area contributed by atoms with Crippen molar-refractivity contribution in [1.82, 2.24) is 0 Å². The van der Waals surface area contributed by atoms with E-state index < -0.39 is 12.7 Å². The van der Waals surface area contributed by atoms with Crippen molar-refractivity contribution in [3.8, 4) is 22.6 Å². The van der Waals surface area contributed by atoms with Gasteiger partial charge in [-0.25, -0.2) is 4.39 Å². The second kappa shape index (κ2) is 11.1. The van der Waals surface area contributed by atoms with E-state index in [-0.39, 0.29) is 19.0 Å². The van der Waals surface area contributed by atoms with Crippen molar-refractivity contribution >= 4 is 16.9 Å². The molecule has 0 radical (unpaired) electrons. The van der Waals surface area contributed by atoms with Crippen LogP contribution in [0.25, 0.3) is 22.1 Å². The zero-order valence-corrected chi connectivity index (χ0v) is 19.8. The minimum absolute atomic E-state index is 0.0980. The number of carbonyl (C=O) groups excluding carboxylic acids is 1. The maximum atomic E-state index is 13.1. The molecule has 1 heterocycles. The number of benzene rings is 3. The van der Waals surface area contributed by atoms with Crippen LogP contribution in [-0.2, 0) is 22.6 Å². The number of fused-ring (bicyclic) bond motifs is 1. The van der Waals surface area contributed by atoms with Crippen LogP contribution in [0.4, 0.5) is 4.39 Å². The lowest BCUT2D eigenvalue weighted by Crippen LogP contribution is -2.11. The Morgan fingerprint density at radius 1 is 1.11 bits per heavy atom. The SMILES string of the molecule is CCOC(=O)Cc1ccc(OC)cc1OCc1cc(-c2cccc(C(N)CF)c2)c2occc2c1. The Balaban J connectivity index is 1.65. The van der Waals surface area contributed by atoms with Gasteiger partial charge in [-0.1, -0.05) is 24.3 Å². The predicted molar refractivity (Wildman–Crippen MR) is 132 cm³/mol. The van der Waals surface area contributed by atoms with Crippen molar-refractivity contribution in [2.24, 2.45) is 5.73 Å². The van der Waals surface area contributed by atoms with E-state index in [1.54, 1.807) is 38.5 Å². The number of nitrogens with two attached hydrogens (primary N) is 1. The molecule has 7 heteroatoms. The predicted octanol–water partition coefficient (Wildman–Crippen LogP) is 5.76. The standard InChI is InChI=1S/C28H28FNO5/c1-3-33-27(31)14-21-7-8-23(32-2)15-26(21)35-17-18-11-22-9-10-34-28(22)24(12-18)19-5-4-6-20(13-19)25(30)16-29/h4-13,15,25H,3,14,16-17,30H2,1-2H3. The number of furan rings is 1. The molecule has 0 spiro atoms. The number of hydrogen-bond acceptors (Lipinski definition) is 6. The second-order valence-electron chi connectivity index (χ2n) is 8.11. The van der Waals surface area contributed by atoms with E-state index in [4.69, 9.17) is 24.4 Å². The van der Waals surface area contributed by atoms with Crippen molar-refractivity contribution in [2.45, 2.75) is 26.0 Å². The fourth-order valence-electron chi connectivity index (χ4n) is 3.94. The number of halogens is 1. The van der Waals surface area contributed by atoms with E-state index in [0.717, 1.165) is 27.7 Å². The maximum absolute atomic E-state index is 13.1. The molecule has 6 nitrogen and oxygen atoms in total. The number of esters is 1. The van der Waals surface area contributed by atoms with Gasteiger partial charge in [0.2, 0.25) is 0 Å². The largest absolute Gasteiger partial charge is 0.497 e. The Morgan fingerprint density at radius 3 is 2.74 bits per heavy atom. The third-order valence-electron chi connectivity index (χ3n) is 5.71. The van der Waals surface area contributed by atoms with Crippen molar-refractivity contribution in [3.05, 3.63) is 83.6 Å². The molecule has 0 saturated carbocycles. The highest BCUT2D eigenvalue weighted by Crippen LogP contribution is 2.33. The molecule has 3 aromatic carbocycles. The van der Waals surface area contributed by atoms with Gasteiger partial charge in [-0.05, 0) is 53.9 Å². The van der Waals surface area contributed by atoms with E-state index >= 15 is 0 Å². The lowest BCUT2D eigenvalue weighted by molar-refractivity contribution is -0.142. The summed E-state index contributed by atoms with van der Waals surface area (Å²) in [5.41, 5.74) is 10.7. The monoisotopic (exact) mass is 477 g/mol. The summed E-state index contributed by atoms with van der Waals surface area (Å²) >= 11 is 0. The van der Waals surface area contributed by atoms with Crippen molar-refractivity contribution < 1.29 is 27.8 Å². The van der Waals surface area contributed by atoms with Gasteiger partial charge >= 0.3 is 5.97 Å². The third-order valence-corrected chi connectivity index (χ3v) is 5.71. The van der Waals surface area contributed by atoms with Gasteiger partial charge in [0.25, 0.3) is 0 Å². The summed E-state index contributed by atoms with van der Waals surface area (Å²) in [6.07, 6.45) is 1.73. The number of ether oxygens (including phenoxy) is 3. The van der Waals surface area contributed by atoms with E-state index in [1.165, 1.54) is 0 Å². The average molecular weight is 478 g/mol. The zero-order chi connectivity index (χ0) is 24.8. The fraction of sp³-hybridized carbons (Fsp3) is 0.250. The first kappa shape index (κ1) is 24.3. The number of hydrogen-bond donors (Lipinski definition) is 1. The van der Waals surface area contributed by atoms with Crippen LogP contribution >= 0.6 is 0 Å². The summed E-state index contributed by atoms with van der Waals surface area (Å²) in [6.45, 7) is 1.70. The van der Waals surface area contributed by atoms with Gasteiger partial charge in [-0.3, -0.25) is 4.79 Å². The normalized spacial score (nSPS) is 11.9. The molecule has 182 valence electrons. The molecule has 35 heavy (non-hydrogen) atoms. The van der Waals surface area contributed by atoms with Crippen LogP contribution in [0.2, 0.25) is 0 Å². The molecule has 0 bridgehead atoms. The zero-order valence-electron chi connectivity index (χ0n) is 19.8. The van der Waals surface area contributed by atoms with Crippen LogP contribution in [0.5, 0.6) is 11.5 Å². The first-order valence-corrected chi connectivity index (χ1v) is 11.4. The molecule has 1 unspecified atom stereocenters. The first-order chi connectivity index (χ1) is 17.0. The maximum Gasteiger partial charge on any atom is 0.310 e. The molecule has 0 aliphatic rings. The van der Waals surface area contributed by atoms with E-state index in [1.807, 2.05) is 42.5 Å².